The quantitative estimate of drug-likeness (QED) is 0.402. The van der Waals surface area contributed by atoms with Crippen molar-refractivity contribution in [3.8, 4) is 0 Å². The number of carbonyl (C=O) groups is 1. The number of para-hydroxylation sites is 1. The number of carbonyl (C=O) groups excluding carboxylic acids is 1. The largest absolute Gasteiger partial charge is 0.325 e. The highest BCUT2D eigenvalue weighted by Crippen LogP contribution is 2.24. The molecule has 6 nitrogen and oxygen atoms in total. The third-order valence-electron chi connectivity index (χ3n) is 4.45. The van der Waals surface area contributed by atoms with Crippen molar-refractivity contribution in [2.45, 2.75) is 31.8 Å². The first-order valence-electron chi connectivity index (χ1n) is 9.16. The van der Waals surface area contributed by atoms with Crippen molar-refractivity contribution in [3.63, 3.8) is 0 Å². The Balaban J connectivity index is 1.52. The van der Waals surface area contributed by atoms with Crippen LogP contribution in [0.2, 0.25) is 0 Å². The number of nitrogens with zero attached hydrogens (tertiary/aromatic N) is 4. The van der Waals surface area contributed by atoms with E-state index >= 15 is 0 Å². The van der Waals surface area contributed by atoms with Crippen molar-refractivity contribution in [1.82, 2.24) is 19.6 Å². The molecule has 4 aromatic rings. The van der Waals surface area contributed by atoms with Gasteiger partial charge in [-0.05, 0) is 42.7 Å². The van der Waals surface area contributed by atoms with Gasteiger partial charge in [0.05, 0.1) is 11.3 Å². The van der Waals surface area contributed by atoms with Crippen LogP contribution in [0.3, 0.4) is 0 Å². The molecule has 0 fully saturated rings. The minimum absolute atomic E-state index is 0.0813. The fraction of sp³-hybridized carbons (Fsp3) is 0.238. The molecule has 28 heavy (non-hydrogen) atoms. The lowest BCUT2D eigenvalue weighted by Gasteiger charge is -2.09. The summed E-state index contributed by atoms with van der Waals surface area (Å²) in [7, 11) is 0. The first-order chi connectivity index (χ1) is 13.5. The van der Waals surface area contributed by atoms with Gasteiger partial charge in [-0.15, -0.1) is 5.10 Å². The van der Waals surface area contributed by atoms with Gasteiger partial charge in [-0.2, -0.15) is 4.52 Å². The number of anilines is 1. The summed E-state index contributed by atoms with van der Waals surface area (Å²) in [6, 6.07) is 15.8. The molecule has 4 rings (SSSR count). The summed E-state index contributed by atoms with van der Waals surface area (Å²) in [5.41, 5.74) is 3.64. The van der Waals surface area contributed by atoms with E-state index < -0.39 is 0 Å². The van der Waals surface area contributed by atoms with Crippen molar-refractivity contribution in [1.29, 1.82) is 0 Å². The molecule has 0 atom stereocenters. The molecule has 0 unspecified atom stereocenters. The molecule has 1 N–H and O–H groups in total. The highest BCUT2D eigenvalue weighted by molar-refractivity contribution is 7.99. The number of hydrogen-bond donors (Lipinski definition) is 1. The van der Waals surface area contributed by atoms with E-state index in [0.717, 1.165) is 22.2 Å². The van der Waals surface area contributed by atoms with E-state index in [2.05, 4.69) is 34.2 Å². The van der Waals surface area contributed by atoms with E-state index in [1.165, 1.54) is 17.3 Å². The maximum Gasteiger partial charge on any atom is 0.234 e. The van der Waals surface area contributed by atoms with Gasteiger partial charge in [0.2, 0.25) is 5.91 Å². The Morgan fingerprint density at radius 2 is 1.86 bits per heavy atom. The molecule has 0 aliphatic rings. The lowest BCUT2D eigenvalue weighted by Crippen LogP contribution is -2.14. The minimum Gasteiger partial charge on any atom is -0.325 e. The van der Waals surface area contributed by atoms with Gasteiger partial charge in [0.15, 0.2) is 10.8 Å². The molecular weight excluding hydrogens is 370 g/mol. The second kappa shape index (κ2) is 7.59. The number of nitrogens with one attached hydrogen (secondary N) is 1. The minimum atomic E-state index is -0.0813. The van der Waals surface area contributed by atoms with Gasteiger partial charge in [-0.1, -0.05) is 49.9 Å². The average molecular weight is 392 g/mol. The number of aromatic nitrogens is 4. The molecule has 2 aromatic heterocycles. The molecule has 0 saturated heterocycles. The molecule has 142 valence electrons. The fourth-order valence-electron chi connectivity index (χ4n) is 3.01. The number of aryl methyl sites for hydroxylation is 1. The smallest absolute Gasteiger partial charge is 0.234 e. The predicted molar refractivity (Wildman–Crippen MR) is 113 cm³/mol. The maximum absolute atomic E-state index is 12.4. The Hall–Kier alpha value is -2.93. The summed E-state index contributed by atoms with van der Waals surface area (Å²) in [6.45, 7) is 6.14. The van der Waals surface area contributed by atoms with Crippen LogP contribution in [0.15, 0.2) is 53.7 Å². The lowest BCUT2D eigenvalue weighted by molar-refractivity contribution is -0.113. The van der Waals surface area contributed by atoms with Crippen LogP contribution < -0.4 is 5.32 Å². The van der Waals surface area contributed by atoms with E-state index in [1.54, 1.807) is 4.52 Å². The van der Waals surface area contributed by atoms with Crippen molar-refractivity contribution in [2.75, 3.05) is 11.1 Å². The van der Waals surface area contributed by atoms with Gasteiger partial charge >= 0.3 is 0 Å². The molecule has 0 aliphatic carbocycles. The van der Waals surface area contributed by atoms with E-state index in [4.69, 9.17) is 0 Å². The molecule has 1 amide bonds. The molecule has 7 heteroatoms. The Bertz CT molecular complexity index is 1150. The third kappa shape index (κ3) is 3.71. The fourth-order valence-corrected chi connectivity index (χ4v) is 3.75. The van der Waals surface area contributed by atoms with Crippen LogP contribution in [0, 0.1) is 6.92 Å². The topological polar surface area (TPSA) is 72.2 Å². The molecule has 0 aliphatic heterocycles. The van der Waals surface area contributed by atoms with Gasteiger partial charge < -0.3 is 5.32 Å². The van der Waals surface area contributed by atoms with Gasteiger partial charge in [0, 0.05) is 11.1 Å². The number of hydrogen-bond acceptors (Lipinski definition) is 5. The Morgan fingerprint density at radius 3 is 2.61 bits per heavy atom. The van der Waals surface area contributed by atoms with E-state index in [9.17, 15) is 4.79 Å². The molecule has 2 aromatic carbocycles. The summed E-state index contributed by atoms with van der Waals surface area (Å²) >= 11 is 1.35. The van der Waals surface area contributed by atoms with Gasteiger partial charge in [-0.3, -0.25) is 4.79 Å². The Morgan fingerprint density at radius 1 is 1.11 bits per heavy atom. The number of thioether (sulfide) groups is 1. The normalized spacial score (nSPS) is 11.4. The van der Waals surface area contributed by atoms with Crippen molar-refractivity contribution < 1.29 is 4.79 Å². The van der Waals surface area contributed by atoms with Crippen LogP contribution in [-0.4, -0.2) is 31.2 Å². The number of rotatable bonds is 5. The summed E-state index contributed by atoms with van der Waals surface area (Å²) in [4.78, 5) is 21.6. The maximum atomic E-state index is 12.4. The second-order valence-corrected chi connectivity index (χ2v) is 7.86. The van der Waals surface area contributed by atoms with Gasteiger partial charge in [0.25, 0.3) is 0 Å². The molecule has 0 spiro atoms. The van der Waals surface area contributed by atoms with Crippen LogP contribution in [0.5, 0.6) is 0 Å². The standard InChI is InChI=1S/C21H21N5OS/c1-13(2)15-8-10-16(11-9-15)23-19(27)12-28-21-24-18-7-5-4-6-17(18)20-22-14(3)25-26(20)21/h4-11,13H,12H2,1-3H3,(H,23,27). The van der Waals surface area contributed by atoms with Crippen molar-refractivity contribution >= 4 is 39.9 Å². The van der Waals surface area contributed by atoms with Crippen LogP contribution >= 0.6 is 11.8 Å². The SMILES string of the molecule is Cc1nc2c3ccccc3nc(SCC(=O)Nc3ccc(C(C)C)cc3)n2n1. The zero-order valence-electron chi connectivity index (χ0n) is 16.0. The third-order valence-corrected chi connectivity index (χ3v) is 5.38. The number of fused-ring (bicyclic) bond motifs is 3. The van der Waals surface area contributed by atoms with Crippen LogP contribution in [0.4, 0.5) is 5.69 Å². The highest BCUT2D eigenvalue weighted by atomic mass is 32.2. The van der Waals surface area contributed by atoms with Crippen LogP contribution in [0.25, 0.3) is 16.6 Å². The Labute approximate surface area is 167 Å². The predicted octanol–water partition coefficient (Wildman–Crippen LogP) is 4.44. The lowest BCUT2D eigenvalue weighted by atomic mass is 10.0. The first kappa shape index (κ1) is 18.4. The van der Waals surface area contributed by atoms with Crippen LogP contribution in [0.1, 0.15) is 31.2 Å². The Kier molecular flexibility index (Phi) is 5.00. The molecular formula is C21H21N5OS. The van der Waals surface area contributed by atoms with Gasteiger partial charge in [-0.25, -0.2) is 9.97 Å². The van der Waals surface area contributed by atoms with E-state index in [1.807, 2.05) is 55.5 Å². The molecule has 0 radical (unpaired) electrons. The van der Waals surface area contributed by atoms with Crippen LogP contribution in [-0.2, 0) is 4.79 Å². The summed E-state index contributed by atoms with van der Waals surface area (Å²) in [6.07, 6.45) is 0. The summed E-state index contributed by atoms with van der Waals surface area (Å²) < 4.78 is 1.72. The van der Waals surface area contributed by atoms with E-state index in [0.29, 0.717) is 16.9 Å². The monoisotopic (exact) mass is 391 g/mol. The van der Waals surface area contributed by atoms with E-state index in [-0.39, 0.29) is 11.7 Å². The number of benzene rings is 2. The number of amides is 1. The highest BCUT2D eigenvalue weighted by Gasteiger charge is 2.14. The average Bonchev–Trinajstić information content (AvgIpc) is 3.08. The molecule has 0 saturated carbocycles. The summed E-state index contributed by atoms with van der Waals surface area (Å²) in [5, 5.41) is 8.98. The van der Waals surface area contributed by atoms with Crippen molar-refractivity contribution in [3.05, 3.63) is 59.9 Å². The molecule has 0 bridgehead atoms. The molecule has 2 heterocycles. The summed E-state index contributed by atoms with van der Waals surface area (Å²) in [5.74, 6) is 1.30. The van der Waals surface area contributed by atoms with Gasteiger partial charge in [0.1, 0.15) is 5.82 Å². The second-order valence-electron chi connectivity index (χ2n) is 6.92. The van der Waals surface area contributed by atoms with Crippen molar-refractivity contribution in [2.24, 2.45) is 0 Å². The first-order valence-corrected chi connectivity index (χ1v) is 10.1. The zero-order chi connectivity index (χ0) is 19.7. The zero-order valence-corrected chi connectivity index (χ0v) is 16.8.